The quantitative estimate of drug-likeness (QED) is 0.616. The number of hydrogen-bond acceptors (Lipinski definition) is 2. The number of carbonyl (C=O) groups is 2. The van der Waals surface area contributed by atoms with Crippen LogP contribution in [0, 0.1) is 10.8 Å². The van der Waals surface area contributed by atoms with Gasteiger partial charge in [-0.05, 0) is 13.3 Å². The Morgan fingerprint density at radius 2 is 1.87 bits per heavy atom. The number of imide groups is 1. The molecule has 0 aromatic carbocycles. The third-order valence-electron chi connectivity index (χ3n) is 2.90. The molecule has 0 spiro atoms. The Balaban J connectivity index is 2.99. The molecule has 2 amide bonds. The van der Waals surface area contributed by atoms with E-state index in [9.17, 15) is 9.59 Å². The van der Waals surface area contributed by atoms with Crippen molar-refractivity contribution in [1.29, 1.82) is 0 Å². The van der Waals surface area contributed by atoms with Crippen molar-refractivity contribution in [2.45, 2.75) is 54.0 Å². The molecule has 1 aliphatic heterocycles. The monoisotopic (exact) mass is 211 g/mol. The molecule has 1 atom stereocenters. The van der Waals surface area contributed by atoms with Gasteiger partial charge in [-0.1, -0.05) is 34.6 Å². The van der Waals surface area contributed by atoms with Gasteiger partial charge >= 0.3 is 0 Å². The standard InChI is InChI=1S/C12H21NO2/c1-8-7-12(5,6)10(15)13(8)9(14)11(2,3)4/h8H,7H2,1-6H3/t8-/m1/s1. The van der Waals surface area contributed by atoms with Crippen molar-refractivity contribution in [3.63, 3.8) is 0 Å². The summed E-state index contributed by atoms with van der Waals surface area (Å²) in [6, 6.07) is 0.0271. The lowest BCUT2D eigenvalue weighted by Crippen LogP contribution is -2.45. The van der Waals surface area contributed by atoms with Gasteiger partial charge in [0.2, 0.25) is 11.8 Å². The van der Waals surface area contributed by atoms with E-state index in [-0.39, 0.29) is 23.3 Å². The second-order valence-corrected chi connectivity index (χ2v) is 6.17. The predicted molar refractivity (Wildman–Crippen MR) is 59.2 cm³/mol. The van der Waals surface area contributed by atoms with Crippen molar-refractivity contribution in [1.82, 2.24) is 4.90 Å². The summed E-state index contributed by atoms with van der Waals surface area (Å²) in [5, 5.41) is 0. The summed E-state index contributed by atoms with van der Waals surface area (Å²) < 4.78 is 0. The van der Waals surface area contributed by atoms with Crippen LogP contribution in [0.5, 0.6) is 0 Å². The molecule has 0 saturated carbocycles. The molecule has 0 aliphatic carbocycles. The van der Waals surface area contributed by atoms with E-state index >= 15 is 0 Å². The number of nitrogens with zero attached hydrogens (tertiary/aromatic N) is 1. The topological polar surface area (TPSA) is 37.4 Å². The molecular formula is C12H21NO2. The third kappa shape index (κ3) is 2.06. The molecule has 0 bridgehead atoms. The zero-order chi connectivity index (χ0) is 12.0. The molecule has 0 N–H and O–H groups in total. The van der Waals surface area contributed by atoms with Gasteiger partial charge in [-0.3, -0.25) is 14.5 Å². The van der Waals surface area contributed by atoms with Gasteiger partial charge in [0.05, 0.1) is 0 Å². The summed E-state index contributed by atoms with van der Waals surface area (Å²) in [6.45, 7) is 11.3. The Morgan fingerprint density at radius 1 is 1.40 bits per heavy atom. The normalized spacial score (nSPS) is 25.9. The van der Waals surface area contributed by atoms with Crippen LogP contribution in [0.2, 0.25) is 0 Å². The number of likely N-dealkylation sites (tertiary alicyclic amines) is 1. The van der Waals surface area contributed by atoms with Crippen molar-refractivity contribution in [2.75, 3.05) is 0 Å². The van der Waals surface area contributed by atoms with Crippen LogP contribution in [0.4, 0.5) is 0 Å². The molecule has 0 radical (unpaired) electrons. The largest absolute Gasteiger partial charge is 0.279 e. The van der Waals surface area contributed by atoms with Gasteiger partial charge in [-0.25, -0.2) is 0 Å². The third-order valence-corrected chi connectivity index (χ3v) is 2.90. The second kappa shape index (κ2) is 3.32. The van der Waals surface area contributed by atoms with Gasteiger partial charge in [0.25, 0.3) is 0 Å². The number of amides is 2. The Hall–Kier alpha value is -0.860. The van der Waals surface area contributed by atoms with E-state index in [0.717, 1.165) is 6.42 Å². The molecule has 1 saturated heterocycles. The molecule has 86 valence electrons. The fourth-order valence-electron chi connectivity index (χ4n) is 2.10. The predicted octanol–water partition coefficient (Wildman–Crippen LogP) is 2.21. The van der Waals surface area contributed by atoms with E-state index in [2.05, 4.69) is 0 Å². The molecule has 0 unspecified atom stereocenters. The van der Waals surface area contributed by atoms with E-state index in [1.54, 1.807) is 0 Å². The first-order chi connectivity index (χ1) is 6.57. The van der Waals surface area contributed by atoms with Crippen molar-refractivity contribution in [3.05, 3.63) is 0 Å². The summed E-state index contributed by atoms with van der Waals surface area (Å²) >= 11 is 0. The van der Waals surface area contributed by atoms with Crippen LogP contribution < -0.4 is 0 Å². The highest BCUT2D eigenvalue weighted by molar-refractivity contribution is 6.01. The highest BCUT2D eigenvalue weighted by atomic mass is 16.2. The van der Waals surface area contributed by atoms with E-state index < -0.39 is 5.41 Å². The average molecular weight is 211 g/mol. The Bertz CT molecular complexity index is 299. The first kappa shape index (κ1) is 12.2. The van der Waals surface area contributed by atoms with Crippen molar-refractivity contribution in [2.24, 2.45) is 10.8 Å². The average Bonchev–Trinajstić information content (AvgIpc) is 2.19. The van der Waals surface area contributed by atoms with Gasteiger partial charge in [-0.2, -0.15) is 0 Å². The molecule has 3 heteroatoms. The van der Waals surface area contributed by atoms with Gasteiger partial charge in [0.1, 0.15) is 0 Å². The minimum Gasteiger partial charge on any atom is -0.279 e. The van der Waals surface area contributed by atoms with E-state index in [0.29, 0.717) is 0 Å². The first-order valence-electron chi connectivity index (χ1n) is 5.45. The maximum atomic E-state index is 12.1. The van der Waals surface area contributed by atoms with Crippen LogP contribution in [0.3, 0.4) is 0 Å². The highest BCUT2D eigenvalue weighted by Gasteiger charge is 2.48. The van der Waals surface area contributed by atoms with Crippen molar-refractivity contribution >= 4 is 11.8 Å². The smallest absolute Gasteiger partial charge is 0.235 e. The molecule has 0 aromatic heterocycles. The molecule has 0 aromatic rings. The Kier molecular flexibility index (Phi) is 2.71. The van der Waals surface area contributed by atoms with Crippen LogP contribution in [-0.2, 0) is 9.59 Å². The highest BCUT2D eigenvalue weighted by Crippen LogP contribution is 2.37. The number of rotatable bonds is 0. The summed E-state index contributed by atoms with van der Waals surface area (Å²) in [7, 11) is 0. The molecule has 1 heterocycles. The molecular weight excluding hydrogens is 190 g/mol. The lowest BCUT2D eigenvalue weighted by Gasteiger charge is -2.28. The SMILES string of the molecule is C[C@@H]1CC(C)(C)C(=O)N1C(=O)C(C)(C)C. The summed E-state index contributed by atoms with van der Waals surface area (Å²) in [6.07, 6.45) is 0.758. The maximum absolute atomic E-state index is 12.1. The first-order valence-corrected chi connectivity index (χ1v) is 5.45. The summed E-state index contributed by atoms with van der Waals surface area (Å²) in [4.78, 5) is 25.6. The van der Waals surface area contributed by atoms with E-state index in [4.69, 9.17) is 0 Å². The van der Waals surface area contributed by atoms with Gasteiger partial charge < -0.3 is 0 Å². The summed E-state index contributed by atoms with van der Waals surface area (Å²) in [5.41, 5.74) is -0.870. The zero-order valence-electron chi connectivity index (χ0n) is 10.5. The summed E-state index contributed by atoms with van der Waals surface area (Å²) in [5.74, 6) is -0.0968. The fourth-order valence-corrected chi connectivity index (χ4v) is 2.10. The molecule has 1 rings (SSSR count). The van der Waals surface area contributed by atoms with Crippen molar-refractivity contribution in [3.8, 4) is 0 Å². The zero-order valence-corrected chi connectivity index (χ0v) is 10.5. The van der Waals surface area contributed by atoms with Crippen LogP contribution in [0.1, 0.15) is 48.0 Å². The van der Waals surface area contributed by atoms with Gasteiger partial charge in [0, 0.05) is 16.9 Å². The molecule has 15 heavy (non-hydrogen) atoms. The van der Waals surface area contributed by atoms with Crippen molar-refractivity contribution < 1.29 is 9.59 Å². The van der Waals surface area contributed by atoms with Crippen LogP contribution in [-0.4, -0.2) is 22.8 Å². The molecule has 3 nitrogen and oxygen atoms in total. The number of hydrogen-bond donors (Lipinski definition) is 0. The fraction of sp³-hybridized carbons (Fsp3) is 0.833. The minimum atomic E-state index is -0.482. The second-order valence-electron chi connectivity index (χ2n) is 6.17. The van der Waals surface area contributed by atoms with Crippen LogP contribution in [0.25, 0.3) is 0 Å². The molecule has 1 aliphatic rings. The maximum Gasteiger partial charge on any atom is 0.235 e. The Morgan fingerprint density at radius 3 is 2.13 bits per heavy atom. The van der Waals surface area contributed by atoms with Crippen LogP contribution >= 0.6 is 0 Å². The van der Waals surface area contributed by atoms with Gasteiger partial charge in [-0.15, -0.1) is 0 Å². The Labute approximate surface area is 91.8 Å². The lowest BCUT2D eigenvalue weighted by atomic mass is 9.90. The number of carbonyl (C=O) groups excluding carboxylic acids is 2. The van der Waals surface area contributed by atoms with E-state index in [1.807, 2.05) is 41.5 Å². The minimum absolute atomic E-state index is 0.0271. The lowest BCUT2D eigenvalue weighted by molar-refractivity contribution is -0.151. The van der Waals surface area contributed by atoms with Crippen LogP contribution in [0.15, 0.2) is 0 Å². The molecule has 1 fully saturated rings. The van der Waals surface area contributed by atoms with Gasteiger partial charge in [0.15, 0.2) is 0 Å². The van der Waals surface area contributed by atoms with E-state index in [1.165, 1.54) is 4.90 Å².